The lowest BCUT2D eigenvalue weighted by atomic mass is 9.84. The predicted octanol–water partition coefficient (Wildman–Crippen LogP) is 3.87. The molecule has 2 aromatic heterocycles. The molecule has 1 N–H and O–H groups in total. The van der Waals surface area contributed by atoms with E-state index in [0.29, 0.717) is 36.3 Å². The summed E-state index contributed by atoms with van der Waals surface area (Å²) in [7, 11) is 0. The maximum absolute atomic E-state index is 13.4. The monoisotopic (exact) mass is 473 g/mol. The molecular formula is C28H31N3O4. The Kier molecular flexibility index (Phi) is 5.55. The fourth-order valence-electron chi connectivity index (χ4n) is 5.42. The van der Waals surface area contributed by atoms with Gasteiger partial charge in [-0.15, -0.1) is 0 Å². The molecule has 182 valence electrons. The van der Waals surface area contributed by atoms with Crippen LogP contribution in [0.4, 0.5) is 0 Å². The van der Waals surface area contributed by atoms with Crippen LogP contribution in [0.1, 0.15) is 56.4 Å². The molecule has 1 aromatic carbocycles. The number of ether oxygens (including phenoxy) is 1. The largest absolute Gasteiger partial charge is 0.490 e. The summed E-state index contributed by atoms with van der Waals surface area (Å²) in [5.74, 6) is 0.337. The van der Waals surface area contributed by atoms with E-state index in [2.05, 4.69) is 18.7 Å². The Labute approximate surface area is 204 Å². The van der Waals surface area contributed by atoms with E-state index >= 15 is 0 Å². The zero-order valence-corrected chi connectivity index (χ0v) is 20.7. The number of fused-ring (bicyclic) bond motifs is 5. The first-order valence-electron chi connectivity index (χ1n) is 12.2. The van der Waals surface area contributed by atoms with Crippen LogP contribution in [0.5, 0.6) is 0 Å². The molecule has 0 bridgehead atoms. The van der Waals surface area contributed by atoms with E-state index in [1.54, 1.807) is 11.5 Å². The molecule has 3 aromatic rings. The van der Waals surface area contributed by atoms with Crippen molar-refractivity contribution in [1.29, 1.82) is 0 Å². The second-order valence-corrected chi connectivity index (χ2v) is 9.77. The van der Waals surface area contributed by atoms with Crippen LogP contribution in [-0.4, -0.2) is 38.1 Å². The summed E-state index contributed by atoms with van der Waals surface area (Å²) < 4.78 is 7.31. The summed E-state index contributed by atoms with van der Waals surface area (Å²) in [5.41, 5.74) is 3.89. The predicted molar refractivity (Wildman–Crippen MR) is 135 cm³/mol. The van der Waals surface area contributed by atoms with Gasteiger partial charge in [0.15, 0.2) is 0 Å². The zero-order chi connectivity index (χ0) is 25.1. The van der Waals surface area contributed by atoms with Gasteiger partial charge in [0.1, 0.15) is 18.0 Å². The van der Waals surface area contributed by atoms with Gasteiger partial charge in [-0.2, -0.15) is 0 Å². The van der Waals surface area contributed by atoms with Crippen LogP contribution in [0.25, 0.3) is 22.3 Å². The van der Waals surface area contributed by atoms with Crippen LogP contribution in [0.2, 0.25) is 0 Å². The summed E-state index contributed by atoms with van der Waals surface area (Å²) >= 11 is 0. The number of aromatic nitrogens is 2. The van der Waals surface area contributed by atoms with Crippen molar-refractivity contribution in [3.8, 4) is 11.4 Å². The number of amides is 1. The second kappa shape index (κ2) is 8.34. The number of nitrogens with zero attached hydrogens (tertiary/aromatic N) is 3. The Bertz CT molecular complexity index is 1440. The molecule has 0 spiro atoms. The van der Waals surface area contributed by atoms with Gasteiger partial charge in [0.05, 0.1) is 29.0 Å². The van der Waals surface area contributed by atoms with Crippen LogP contribution in [0.15, 0.2) is 47.5 Å². The molecular weight excluding hydrogens is 442 g/mol. The molecule has 0 aliphatic carbocycles. The standard InChI is InChI=1S/C28H31N3O4/c1-6-28(34)17(4)35-15-22-23(28)13-25-26-20(14-31(25)27(22)33)12-21-19(8-7-9-24(21)29-26)10-11-30(16(2)3)18(5)32/h7-9,12-13,16,34H,4,6,10-11,14-15H2,1-3,5H3/t28-/m1/s1. The number of aliphatic hydroxyl groups is 1. The molecule has 2 aliphatic rings. The summed E-state index contributed by atoms with van der Waals surface area (Å²) in [5, 5.41) is 12.3. The highest BCUT2D eigenvalue weighted by molar-refractivity contribution is 5.87. The van der Waals surface area contributed by atoms with Crippen molar-refractivity contribution in [2.75, 3.05) is 6.54 Å². The third kappa shape index (κ3) is 3.57. The van der Waals surface area contributed by atoms with Crippen molar-refractivity contribution in [3.05, 3.63) is 75.3 Å². The van der Waals surface area contributed by atoms with Gasteiger partial charge >= 0.3 is 0 Å². The molecule has 0 unspecified atom stereocenters. The molecule has 35 heavy (non-hydrogen) atoms. The molecule has 5 rings (SSSR count). The Morgan fingerprint density at radius 3 is 2.80 bits per heavy atom. The van der Waals surface area contributed by atoms with E-state index in [-0.39, 0.29) is 29.9 Å². The highest BCUT2D eigenvalue weighted by Gasteiger charge is 2.41. The fraction of sp³-hybridized carbons (Fsp3) is 0.393. The molecule has 4 heterocycles. The normalized spacial score (nSPS) is 18.3. The second-order valence-electron chi connectivity index (χ2n) is 9.77. The van der Waals surface area contributed by atoms with Gasteiger partial charge in [0, 0.05) is 36.0 Å². The van der Waals surface area contributed by atoms with Crippen LogP contribution in [0.3, 0.4) is 0 Å². The lowest BCUT2D eigenvalue weighted by Crippen LogP contribution is -2.38. The van der Waals surface area contributed by atoms with Gasteiger partial charge in [-0.3, -0.25) is 9.59 Å². The first-order chi connectivity index (χ1) is 16.7. The molecule has 0 radical (unpaired) electrons. The average Bonchev–Trinajstić information content (AvgIpc) is 3.18. The molecule has 7 heteroatoms. The summed E-state index contributed by atoms with van der Waals surface area (Å²) in [4.78, 5) is 32.3. The minimum Gasteiger partial charge on any atom is -0.490 e. The first-order valence-corrected chi connectivity index (χ1v) is 12.2. The maximum atomic E-state index is 13.4. The van der Waals surface area contributed by atoms with Crippen molar-refractivity contribution in [2.45, 2.75) is 65.3 Å². The number of carbonyl (C=O) groups excluding carboxylic acids is 1. The number of carbonyl (C=O) groups is 1. The Morgan fingerprint density at radius 2 is 2.11 bits per heavy atom. The third-order valence-electron chi connectivity index (χ3n) is 7.46. The number of hydrogen-bond donors (Lipinski definition) is 1. The Hall–Kier alpha value is -3.45. The number of rotatable bonds is 5. The summed E-state index contributed by atoms with van der Waals surface area (Å²) in [6, 6.07) is 10.2. The maximum Gasteiger partial charge on any atom is 0.258 e. The summed E-state index contributed by atoms with van der Waals surface area (Å²) in [6.07, 6.45) is 1.08. The van der Waals surface area contributed by atoms with Crippen LogP contribution < -0.4 is 5.56 Å². The molecule has 0 fully saturated rings. The van der Waals surface area contributed by atoms with Crippen molar-refractivity contribution in [2.24, 2.45) is 0 Å². The van der Waals surface area contributed by atoms with E-state index < -0.39 is 5.60 Å². The van der Waals surface area contributed by atoms with Crippen molar-refractivity contribution in [3.63, 3.8) is 0 Å². The topological polar surface area (TPSA) is 84.7 Å². The minimum absolute atomic E-state index is 0.0664. The SMILES string of the molecule is C=C1OCc2c(cc3n(c2=O)Cc2cc4c(CCN(C(C)=O)C(C)C)cccc4nc2-3)[C@@]1(O)CC. The molecule has 0 saturated carbocycles. The van der Waals surface area contributed by atoms with E-state index in [4.69, 9.17) is 9.72 Å². The fourth-order valence-corrected chi connectivity index (χ4v) is 5.42. The average molecular weight is 474 g/mol. The Balaban J connectivity index is 1.59. The summed E-state index contributed by atoms with van der Waals surface area (Å²) in [6.45, 7) is 12.5. The Morgan fingerprint density at radius 1 is 1.34 bits per heavy atom. The zero-order valence-electron chi connectivity index (χ0n) is 20.7. The molecule has 7 nitrogen and oxygen atoms in total. The van der Waals surface area contributed by atoms with Gasteiger partial charge in [0.2, 0.25) is 5.91 Å². The van der Waals surface area contributed by atoms with Crippen molar-refractivity contribution < 1.29 is 14.6 Å². The van der Waals surface area contributed by atoms with Gasteiger partial charge in [-0.25, -0.2) is 4.98 Å². The van der Waals surface area contributed by atoms with Gasteiger partial charge in [-0.1, -0.05) is 25.6 Å². The van der Waals surface area contributed by atoms with Crippen LogP contribution >= 0.6 is 0 Å². The van der Waals surface area contributed by atoms with E-state index in [1.165, 1.54) is 0 Å². The van der Waals surface area contributed by atoms with E-state index in [0.717, 1.165) is 34.1 Å². The molecule has 1 amide bonds. The van der Waals surface area contributed by atoms with Crippen molar-refractivity contribution >= 4 is 16.8 Å². The van der Waals surface area contributed by atoms with Gasteiger partial charge in [-0.05, 0) is 50.5 Å². The highest BCUT2D eigenvalue weighted by Crippen LogP contribution is 2.42. The lowest BCUT2D eigenvalue weighted by molar-refractivity contribution is -0.130. The smallest absolute Gasteiger partial charge is 0.258 e. The minimum atomic E-state index is -1.39. The molecule has 2 aliphatic heterocycles. The van der Waals surface area contributed by atoms with Crippen molar-refractivity contribution in [1.82, 2.24) is 14.5 Å². The highest BCUT2D eigenvalue weighted by atomic mass is 16.5. The van der Waals surface area contributed by atoms with Crippen LogP contribution in [-0.2, 0) is 34.7 Å². The number of pyridine rings is 2. The quantitative estimate of drug-likeness (QED) is 0.476. The number of benzene rings is 1. The van der Waals surface area contributed by atoms with E-state index in [9.17, 15) is 14.7 Å². The molecule has 1 atom stereocenters. The third-order valence-corrected chi connectivity index (χ3v) is 7.46. The van der Waals surface area contributed by atoms with E-state index in [1.807, 2.05) is 43.9 Å². The lowest BCUT2D eigenvalue weighted by Gasteiger charge is -2.35. The van der Waals surface area contributed by atoms with Gasteiger partial charge in [0.25, 0.3) is 5.56 Å². The van der Waals surface area contributed by atoms with Crippen LogP contribution in [0, 0.1) is 0 Å². The number of hydrogen-bond acceptors (Lipinski definition) is 5. The van der Waals surface area contributed by atoms with Gasteiger partial charge < -0.3 is 19.3 Å². The first kappa shape index (κ1) is 23.3. The molecule has 0 saturated heterocycles.